The van der Waals surface area contributed by atoms with Crippen LogP contribution in [-0.2, 0) is 22.2 Å². The molecule has 3 N–H and O–H groups in total. The number of nitrogens with one attached hydrogen (secondary N) is 1. The molecular weight excluding hydrogens is 667 g/mol. The van der Waals surface area contributed by atoms with E-state index < -0.39 is 34.8 Å². The highest BCUT2D eigenvalue weighted by molar-refractivity contribution is 9.10. The van der Waals surface area contributed by atoms with Crippen molar-refractivity contribution in [2.45, 2.75) is 38.3 Å². The van der Waals surface area contributed by atoms with Gasteiger partial charge in [0, 0.05) is 22.7 Å². The van der Waals surface area contributed by atoms with Crippen molar-refractivity contribution in [2.24, 2.45) is 0 Å². The first-order valence-corrected chi connectivity index (χ1v) is 14.1. The van der Waals surface area contributed by atoms with Crippen LogP contribution in [0.2, 0.25) is 5.02 Å². The second-order valence-electron chi connectivity index (χ2n) is 9.59. The van der Waals surface area contributed by atoms with Gasteiger partial charge in [0.25, 0.3) is 5.91 Å². The summed E-state index contributed by atoms with van der Waals surface area (Å²) in [6, 6.07) is 6.21. The number of anilines is 2. The third-order valence-corrected chi connectivity index (χ3v) is 7.45. The van der Waals surface area contributed by atoms with E-state index in [2.05, 4.69) is 26.3 Å². The van der Waals surface area contributed by atoms with E-state index in [1.54, 1.807) is 0 Å². The van der Waals surface area contributed by atoms with Crippen molar-refractivity contribution in [2.75, 3.05) is 24.3 Å². The van der Waals surface area contributed by atoms with Gasteiger partial charge in [-0.15, -0.1) is 0 Å². The van der Waals surface area contributed by atoms with E-state index >= 15 is 0 Å². The van der Waals surface area contributed by atoms with E-state index in [0.29, 0.717) is 28.7 Å². The van der Waals surface area contributed by atoms with E-state index in [-0.39, 0.29) is 58.9 Å². The van der Waals surface area contributed by atoms with E-state index in [1.165, 1.54) is 16.8 Å². The zero-order valence-corrected chi connectivity index (χ0v) is 24.5. The molecule has 3 aromatic carbocycles. The number of hydrogen-bond acceptors (Lipinski definition) is 6. The maximum Gasteiger partial charge on any atom is 0.416 e. The Morgan fingerprint density at radius 1 is 1.16 bits per heavy atom. The molecule has 1 amide bonds. The molecule has 1 atom stereocenters. The molecular formula is C28H23BrClF5N4O4. The second-order valence-corrected chi connectivity index (χ2v) is 10.9. The number of halogens is 7. The molecule has 1 fully saturated rings. The molecule has 228 valence electrons. The minimum Gasteiger partial charge on any atom is -0.453 e. The van der Waals surface area contributed by atoms with Crippen molar-refractivity contribution >= 4 is 55.8 Å². The van der Waals surface area contributed by atoms with Crippen LogP contribution in [-0.4, -0.2) is 35.2 Å². The van der Waals surface area contributed by atoms with Crippen molar-refractivity contribution in [3.05, 3.63) is 74.7 Å². The van der Waals surface area contributed by atoms with Gasteiger partial charge in [-0.05, 0) is 71.6 Å². The van der Waals surface area contributed by atoms with Gasteiger partial charge in [-0.25, -0.2) is 8.78 Å². The molecule has 1 aliphatic heterocycles. The number of nitrogens with two attached hydrogens (primary N) is 1. The summed E-state index contributed by atoms with van der Waals surface area (Å²) >= 11 is 9.67. The minimum absolute atomic E-state index is 0.0153. The lowest BCUT2D eigenvalue weighted by molar-refractivity contribution is -0.163. The highest BCUT2D eigenvalue weighted by atomic mass is 79.9. The van der Waals surface area contributed by atoms with Gasteiger partial charge < -0.3 is 25.3 Å². The molecule has 8 nitrogen and oxygen atoms in total. The Kier molecular flexibility index (Phi) is 9.11. The summed E-state index contributed by atoms with van der Waals surface area (Å²) in [6.45, 7) is 1.07. The first-order chi connectivity index (χ1) is 20.4. The maximum absolute atomic E-state index is 14.1. The number of nitrogens with zero attached hydrogens (tertiary/aromatic N) is 2. The molecule has 5 rings (SSSR count). The van der Waals surface area contributed by atoms with Gasteiger partial charge in [0.15, 0.2) is 17.9 Å². The molecule has 0 spiro atoms. The average Bonchev–Trinajstić information content (AvgIpc) is 3.28. The third kappa shape index (κ3) is 7.03. The van der Waals surface area contributed by atoms with Crippen LogP contribution in [0.25, 0.3) is 10.9 Å². The van der Waals surface area contributed by atoms with Crippen LogP contribution in [0.15, 0.2) is 46.9 Å². The number of fused-ring (bicyclic) bond motifs is 1. The summed E-state index contributed by atoms with van der Waals surface area (Å²) < 4.78 is 87.2. The van der Waals surface area contributed by atoms with Gasteiger partial charge in [0.1, 0.15) is 17.4 Å². The summed E-state index contributed by atoms with van der Waals surface area (Å²) in [7, 11) is 0. The van der Waals surface area contributed by atoms with Crippen molar-refractivity contribution < 1.29 is 41.0 Å². The number of nitrogen functional groups attached to an aromatic ring is 1. The summed E-state index contributed by atoms with van der Waals surface area (Å²) in [5.41, 5.74) is 4.65. The smallest absolute Gasteiger partial charge is 0.416 e. The lowest BCUT2D eigenvalue weighted by Crippen LogP contribution is -2.24. The Balaban J connectivity index is 1.55. The Hall–Kier alpha value is -3.46. The maximum atomic E-state index is 14.1. The van der Waals surface area contributed by atoms with Crippen LogP contribution >= 0.6 is 27.5 Å². The predicted molar refractivity (Wildman–Crippen MR) is 152 cm³/mol. The number of rotatable bonds is 8. The van der Waals surface area contributed by atoms with E-state index in [0.717, 1.165) is 31.4 Å². The summed E-state index contributed by atoms with van der Waals surface area (Å²) in [6.07, 6.45) is -2.52. The standard InChI is InChI=1S/C28H23BrClF5N4O4/c29-18-13-20(37-27(40)14-9-15(28(33,34)35)11-17(32)10-14)25(43-21-12-16(31)4-5-19(21)30)23-24(18)39(38-26(23)36)6-8-42-22-3-1-2-7-41-22/h4-5,9-13,22H,1-3,6-8H2,(H2,36,38)(H,37,40). The summed E-state index contributed by atoms with van der Waals surface area (Å²) in [4.78, 5) is 13.1. The van der Waals surface area contributed by atoms with Crippen LogP contribution in [0.3, 0.4) is 0 Å². The monoisotopic (exact) mass is 688 g/mol. The molecule has 0 bridgehead atoms. The zero-order chi connectivity index (χ0) is 30.9. The first kappa shape index (κ1) is 31.0. The van der Waals surface area contributed by atoms with Gasteiger partial charge in [-0.1, -0.05) is 11.6 Å². The SMILES string of the molecule is Nc1nn(CCOC2CCCCO2)c2c(Br)cc(NC(=O)c3cc(F)cc(C(F)(F)F)c3)c(Oc3cc(F)ccc3Cl)c12. The van der Waals surface area contributed by atoms with Crippen LogP contribution in [0.5, 0.6) is 11.5 Å². The normalized spacial score (nSPS) is 15.6. The molecule has 43 heavy (non-hydrogen) atoms. The van der Waals surface area contributed by atoms with Gasteiger partial charge in [0.05, 0.1) is 40.3 Å². The fraction of sp³-hybridized carbons (Fsp3) is 0.286. The number of alkyl halides is 3. The molecule has 0 radical (unpaired) electrons. The lowest BCUT2D eigenvalue weighted by Gasteiger charge is -2.22. The fourth-order valence-corrected chi connectivity index (χ4v) is 5.35. The fourth-order valence-electron chi connectivity index (χ4n) is 4.56. The van der Waals surface area contributed by atoms with E-state index in [9.17, 15) is 26.7 Å². The Morgan fingerprint density at radius 2 is 1.95 bits per heavy atom. The Morgan fingerprint density at radius 3 is 2.67 bits per heavy atom. The second kappa shape index (κ2) is 12.6. The minimum atomic E-state index is -4.89. The number of aromatic nitrogens is 2. The highest BCUT2D eigenvalue weighted by Crippen LogP contribution is 2.45. The van der Waals surface area contributed by atoms with Crippen molar-refractivity contribution in [1.82, 2.24) is 9.78 Å². The number of hydrogen-bond donors (Lipinski definition) is 2. The van der Waals surface area contributed by atoms with Crippen LogP contribution < -0.4 is 15.8 Å². The Labute approximate surface area is 255 Å². The largest absolute Gasteiger partial charge is 0.453 e. The van der Waals surface area contributed by atoms with Crippen molar-refractivity contribution in [3.63, 3.8) is 0 Å². The molecule has 1 unspecified atom stereocenters. The number of amides is 1. The van der Waals surface area contributed by atoms with E-state index in [4.69, 9.17) is 31.5 Å². The van der Waals surface area contributed by atoms with Gasteiger partial charge in [-0.2, -0.15) is 18.3 Å². The first-order valence-electron chi connectivity index (χ1n) is 12.9. The molecule has 2 heterocycles. The van der Waals surface area contributed by atoms with Crippen molar-refractivity contribution in [1.29, 1.82) is 0 Å². The molecule has 15 heteroatoms. The quantitative estimate of drug-likeness (QED) is 0.182. The molecule has 0 saturated carbocycles. The molecule has 1 aromatic heterocycles. The Bertz CT molecular complexity index is 1680. The number of ether oxygens (including phenoxy) is 3. The lowest BCUT2D eigenvalue weighted by atomic mass is 10.1. The van der Waals surface area contributed by atoms with Crippen LogP contribution in [0.4, 0.5) is 33.5 Å². The third-order valence-electron chi connectivity index (χ3n) is 6.53. The summed E-state index contributed by atoms with van der Waals surface area (Å²) in [5.74, 6) is -3.34. The number of carbonyl (C=O) groups is 1. The predicted octanol–water partition coefficient (Wildman–Crippen LogP) is 7.92. The molecule has 4 aromatic rings. The van der Waals surface area contributed by atoms with Crippen LogP contribution in [0.1, 0.15) is 35.2 Å². The van der Waals surface area contributed by atoms with E-state index in [1.807, 2.05) is 0 Å². The topological polar surface area (TPSA) is 101 Å². The van der Waals surface area contributed by atoms with Gasteiger partial charge >= 0.3 is 6.18 Å². The van der Waals surface area contributed by atoms with Crippen LogP contribution in [0, 0.1) is 11.6 Å². The molecule has 0 aliphatic carbocycles. The van der Waals surface area contributed by atoms with Crippen molar-refractivity contribution in [3.8, 4) is 11.5 Å². The highest BCUT2D eigenvalue weighted by Gasteiger charge is 2.32. The molecule has 1 saturated heterocycles. The number of carbonyl (C=O) groups excluding carboxylic acids is 1. The molecule has 1 aliphatic rings. The van der Waals surface area contributed by atoms with Gasteiger partial charge in [-0.3, -0.25) is 9.48 Å². The average molecular weight is 690 g/mol. The number of benzene rings is 3. The zero-order valence-electron chi connectivity index (χ0n) is 22.1. The van der Waals surface area contributed by atoms with Gasteiger partial charge in [0.2, 0.25) is 0 Å². The summed E-state index contributed by atoms with van der Waals surface area (Å²) in [5, 5.41) is 7.01.